The molecule has 0 radical (unpaired) electrons. The summed E-state index contributed by atoms with van der Waals surface area (Å²) in [7, 11) is 0. The van der Waals surface area contributed by atoms with Crippen molar-refractivity contribution in [2.45, 2.75) is 62.0 Å². The molecule has 0 amide bonds. The van der Waals surface area contributed by atoms with Gasteiger partial charge in [0.2, 0.25) is 0 Å². The highest BCUT2D eigenvalue weighted by molar-refractivity contribution is 5.88. The van der Waals surface area contributed by atoms with Gasteiger partial charge in [0.05, 0.1) is 18.3 Å². The van der Waals surface area contributed by atoms with Gasteiger partial charge < -0.3 is 64.6 Å². The maximum Gasteiger partial charge on any atom is 0.197 e. The topological polar surface area (TPSA) is 240 Å². The van der Waals surface area contributed by atoms with E-state index in [0.29, 0.717) is 0 Å². The van der Waals surface area contributed by atoms with Crippen molar-refractivity contribution in [1.82, 2.24) is 0 Å². The van der Waals surface area contributed by atoms with Gasteiger partial charge in [0, 0.05) is 17.7 Å². The van der Waals surface area contributed by atoms with Crippen LogP contribution in [0.5, 0.6) is 23.0 Å². The molecule has 0 aliphatic carbocycles. The average Bonchev–Trinajstić information content (AvgIpc) is 3.21. The monoisotopic (exact) mass is 564 g/mol. The quantitative estimate of drug-likeness (QED) is 0.174. The zero-order valence-corrected chi connectivity index (χ0v) is 20.9. The highest BCUT2D eigenvalue weighted by Crippen LogP contribution is 2.47. The minimum absolute atomic E-state index is 0.0493. The Hall–Kier alpha value is -3.47. The third kappa shape index (κ3) is 4.63. The maximum atomic E-state index is 13.1. The van der Waals surface area contributed by atoms with Gasteiger partial charge in [-0.2, -0.15) is 0 Å². The molecule has 2 fully saturated rings. The van der Waals surface area contributed by atoms with Crippen LogP contribution in [0.1, 0.15) is 18.6 Å². The number of aliphatic hydroxyl groups is 5. The van der Waals surface area contributed by atoms with E-state index in [2.05, 4.69) is 0 Å². The summed E-state index contributed by atoms with van der Waals surface area (Å²) in [5.41, 5.74) is -1.19. The van der Waals surface area contributed by atoms with Crippen molar-refractivity contribution >= 4 is 11.0 Å². The fourth-order valence-electron chi connectivity index (χ4n) is 4.96. The van der Waals surface area contributed by atoms with Gasteiger partial charge in [-0.25, -0.2) is 0 Å². The summed E-state index contributed by atoms with van der Waals surface area (Å²) in [4.78, 5) is 13.1. The highest BCUT2D eigenvalue weighted by Gasteiger charge is 2.51. The summed E-state index contributed by atoms with van der Waals surface area (Å²) in [5, 5.41) is 91.9. The van der Waals surface area contributed by atoms with Crippen LogP contribution in [-0.2, 0) is 14.2 Å². The first kappa shape index (κ1) is 28.1. The zero-order valence-electron chi connectivity index (χ0n) is 20.9. The van der Waals surface area contributed by atoms with E-state index < -0.39 is 95.7 Å². The Bertz CT molecular complexity index is 1470. The van der Waals surface area contributed by atoms with Gasteiger partial charge in [0.25, 0.3) is 0 Å². The predicted molar refractivity (Wildman–Crippen MR) is 133 cm³/mol. The lowest BCUT2D eigenvalue weighted by atomic mass is 9.96. The van der Waals surface area contributed by atoms with Crippen molar-refractivity contribution in [2.75, 3.05) is 6.61 Å². The van der Waals surface area contributed by atoms with Gasteiger partial charge in [0.1, 0.15) is 71.0 Å². The van der Waals surface area contributed by atoms with Gasteiger partial charge in [-0.05, 0) is 25.1 Å². The van der Waals surface area contributed by atoms with Crippen molar-refractivity contribution in [2.24, 2.45) is 0 Å². The third-order valence-electron chi connectivity index (χ3n) is 7.17. The summed E-state index contributed by atoms with van der Waals surface area (Å²) in [6.07, 6.45) is -13.3. The molecule has 2 aliphatic heterocycles. The second-order valence-electron chi connectivity index (χ2n) is 9.76. The molecule has 2 aliphatic rings. The number of aromatic hydroxyl groups is 4. The van der Waals surface area contributed by atoms with Crippen molar-refractivity contribution < 1.29 is 64.6 Å². The van der Waals surface area contributed by atoms with E-state index in [-0.39, 0.29) is 22.3 Å². The molecule has 9 atom stereocenters. The average molecular weight is 564 g/mol. The molecule has 14 heteroatoms. The van der Waals surface area contributed by atoms with Crippen LogP contribution in [0, 0.1) is 0 Å². The van der Waals surface area contributed by atoms with E-state index in [1.54, 1.807) is 0 Å². The van der Waals surface area contributed by atoms with E-state index >= 15 is 0 Å². The lowest BCUT2D eigenvalue weighted by Crippen LogP contribution is -2.58. The molecule has 1 aromatic heterocycles. The van der Waals surface area contributed by atoms with E-state index in [1.807, 2.05) is 0 Å². The molecular weight excluding hydrogens is 536 g/mol. The van der Waals surface area contributed by atoms with Crippen LogP contribution in [0.15, 0.2) is 39.5 Å². The summed E-state index contributed by atoms with van der Waals surface area (Å²) >= 11 is 0. The molecule has 40 heavy (non-hydrogen) atoms. The molecule has 9 unspecified atom stereocenters. The van der Waals surface area contributed by atoms with Gasteiger partial charge >= 0.3 is 0 Å². The van der Waals surface area contributed by atoms with Crippen LogP contribution < -0.4 is 5.43 Å². The van der Waals surface area contributed by atoms with Crippen molar-refractivity contribution in [3.05, 3.63) is 46.1 Å². The van der Waals surface area contributed by atoms with E-state index in [1.165, 1.54) is 19.1 Å². The van der Waals surface area contributed by atoms with Crippen LogP contribution in [0.3, 0.4) is 0 Å². The number of hydrogen-bond acceptors (Lipinski definition) is 14. The highest BCUT2D eigenvalue weighted by atomic mass is 16.7. The normalized spacial score (nSPS) is 32.5. The van der Waals surface area contributed by atoms with Crippen LogP contribution in [0.4, 0.5) is 0 Å². The fraction of sp³-hybridized carbons (Fsp3) is 0.423. The first-order valence-electron chi connectivity index (χ1n) is 12.3. The van der Waals surface area contributed by atoms with E-state index in [9.17, 15) is 50.8 Å². The number of benzene rings is 2. The second-order valence-corrected chi connectivity index (χ2v) is 9.76. The molecule has 5 rings (SSSR count). The number of phenolic OH excluding ortho intramolecular Hbond substituents is 4. The molecule has 2 saturated heterocycles. The van der Waals surface area contributed by atoms with Gasteiger partial charge in [-0.15, -0.1) is 0 Å². The van der Waals surface area contributed by atoms with Gasteiger partial charge in [0.15, 0.2) is 23.2 Å². The molecule has 9 N–H and O–H groups in total. The van der Waals surface area contributed by atoms with Crippen LogP contribution >= 0.6 is 0 Å². The fourth-order valence-corrected chi connectivity index (χ4v) is 4.96. The molecule has 3 heterocycles. The minimum atomic E-state index is -1.75. The first-order chi connectivity index (χ1) is 18.9. The Labute approximate surface area is 225 Å². The van der Waals surface area contributed by atoms with Gasteiger partial charge in [-0.1, -0.05) is 0 Å². The van der Waals surface area contributed by atoms with E-state index in [4.69, 9.17) is 18.6 Å². The Kier molecular flexibility index (Phi) is 7.37. The van der Waals surface area contributed by atoms with Crippen LogP contribution in [-0.4, -0.2) is 102 Å². The molecule has 14 nitrogen and oxygen atoms in total. The van der Waals surface area contributed by atoms with Crippen molar-refractivity contribution in [3.63, 3.8) is 0 Å². The van der Waals surface area contributed by atoms with Crippen molar-refractivity contribution in [3.8, 4) is 34.3 Å². The minimum Gasteiger partial charge on any atom is -0.507 e. The zero-order chi connectivity index (χ0) is 29.0. The Balaban J connectivity index is 1.56. The van der Waals surface area contributed by atoms with E-state index in [0.717, 1.165) is 18.2 Å². The number of fused-ring (bicyclic) bond motifs is 1. The van der Waals surface area contributed by atoms with Crippen LogP contribution in [0.2, 0.25) is 0 Å². The molecule has 0 spiro atoms. The molecule has 0 saturated carbocycles. The number of phenols is 4. The summed E-state index contributed by atoms with van der Waals surface area (Å²) < 4.78 is 22.5. The summed E-state index contributed by atoms with van der Waals surface area (Å²) in [6, 6.07) is 5.74. The predicted octanol–water partition coefficient (Wildman–Crippen LogP) is -0.712. The SMILES string of the molecule is CC1OC(OC2C(c3c(O)cc4oc(-c5ccc(O)c(O)c5)cc(=O)c4c3O)OC(CO)C2O)C(O)C(O)C1O. The van der Waals surface area contributed by atoms with Crippen LogP contribution in [0.25, 0.3) is 22.3 Å². The van der Waals surface area contributed by atoms with Gasteiger partial charge in [-0.3, -0.25) is 4.79 Å². The lowest BCUT2D eigenvalue weighted by molar-refractivity contribution is -0.311. The molecule has 216 valence electrons. The Morgan fingerprint density at radius 3 is 2.25 bits per heavy atom. The smallest absolute Gasteiger partial charge is 0.197 e. The molecular formula is C26H28O14. The third-order valence-corrected chi connectivity index (χ3v) is 7.17. The largest absolute Gasteiger partial charge is 0.507 e. The Morgan fingerprint density at radius 1 is 0.850 bits per heavy atom. The number of rotatable bonds is 5. The maximum absolute atomic E-state index is 13.1. The number of aliphatic hydroxyl groups excluding tert-OH is 5. The summed E-state index contributed by atoms with van der Waals surface area (Å²) in [6.45, 7) is 0.711. The lowest BCUT2D eigenvalue weighted by Gasteiger charge is -2.40. The second kappa shape index (κ2) is 10.5. The number of hydrogen-bond donors (Lipinski definition) is 9. The first-order valence-corrected chi connectivity index (χ1v) is 12.3. The molecule has 3 aromatic rings. The molecule has 0 bridgehead atoms. The Morgan fingerprint density at radius 2 is 1.57 bits per heavy atom. The van der Waals surface area contributed by atoms with Crippen molar-refractivity contribution in [1.29, 1.82) is 0 Å². The standard InChI is InChI=1S/C26H28O14/c1-8-19(32)22(35)23(36)26(37-8)40-25-20(33)16(7-27)39-24(25)18-13(31)6-15-17(21(18)34)12(30)5-14(38-15)9-2-3-10(28)11(29)4-9/h2-6,8,16,19-20,22-29,31-36H,7H2,1H3. The molecule has 2 aromatic carbocycles. The summed E-state index contributed by atoms with van der Waals surface area (Å²) in [5.74, 6) is -2.33. The number of ether oxygens (including phenoxy) is 3.